The number of halogens is 1. The van der Waals surface area contributed by atoms with Crippen molar-refractivity contribution in [3.8, 4) is 5.75 Å². The number of benzene rings is 3. The van der Waals surface area contributed by atoms with Gasteiger partial charge in [-0.25, -0.2) is 4.39 Å². The normalized spacial score (nSPS) is 15.0. The van der Waals surface area contributed by atoms with E-state index in [1.54, 1.807) is 11.0 Å². The Morgan fingerprint density at radius 3 is 2.44 bits per heavy atom. The van der Waals surface area contributed by atoms with Gasteiger partial charge >= 0.3 is 0 Å². The summed E-state index contributed by atoms with van der Waals surface area (Å²) in [5.41, 5.74) is 2.59. The molecule has 1 atom stereocenters. The quantitative estimate of drug-likeness (QED) is 0.611. The molecule has 32 heavy (non-hydrogen) atoms. The van der Waals surface area contributed by atoms with E-state index in [9.17, 15) is 14.3 Å². The molecule has 0 aliphatic carbocycles. The minimum Gasteiger partial charge on any atom is -0.491 e. The summed E-state index contributed by atoms with van der Waals surface area (Å²) in [6, 6.07) is 23.7. The van der Waals surface area contributed by atoms with E-state index in [-0.39, 0.29) is 24.9 Å². The molecule has 0 radical (unpaired) electrons. The van der Waals surface area contributed by atoms with Gasteiger partial charge in [-0.15, -0.1) is 0 Å². The standard InChI is InChI=1S/C26H27FN2O3/c27-22-11-12-25-21(15-22)17-29(16-20-7-3-1-4-8-20)26(31)13-14-28(25)18-23(30)19-32-24-9-5-2-6-10-24/h1-12,15,23,30H,13-14,16-19H2. The summed E-state index contributed by atoms with van der Waals surface area (Å²) in [4.78, 5) is 16.6. The molecule has 0 aromatic heterocycles. The molecule has 166 valence electrons. The molecule has 1 aliphatic rings. The molecular weight excluding hydrogens is 407 g/mol. The van der Waals surface area contributed by atoms with Gasteiger partial charge in [0.1, 0.15) is 24.3 Å². The monoisotopic (exact) mass is 434 g/mol. The van der Waals surface area contributed by atoms with Crippen LogP contribution >= 0.6 is 0 Å². The second-order valence-corrected chi connectivity index (χ2v) is 7.98. The van der Waals surface area contributed by atoms with E-state index in [1.807, 2.05) is 65.6 Å². The predicted molar refractivity (Wildman–Crippen MR) is 122 cm³/mol. The molecule has 1 unspecified atom stereocenters. The fourth-order valence-corrected chi connectivity index (χ4v) is 3.95. The maximum atomic E-state index is 14.1. The van der Waals surface area contributed by atoms with Crippen LogP contribution in [0, 0.1) is 5.82 Å². The molecule has 1 amide bonds. The van der Waals surface area contributed by atoms with Crippen molar-refractivity contribution in [1.82, 2.24) is 4.90 Å². The maximum Gasteiger partial charge on any atom is 0.224 e. The number of para-hydroxylation sites is 1. The lowest BCUT2D eigenvalue weighted by Gasteiger charge is -2.34. The van der Waals surface area contributed by atoms with E-state index in [4.69, 9.17) is 4.74 Å². The van der Waals surface area contributed by atoms with Gasteiger partial charge in [0.15, 0.2) is 0 Å². The van der Waals surface area contributed by atoms with E-state index in [2.05, 4.69) is 0 Å². The number of anilines is 1. The highest BCUT2D eigenvalue weighted by Gasteiger charge is 2.24. The Hall–Kier alpha value is -3.38. The van der Waals surface area contributed by atoms with Crippen molar-refractivity contribution < 1.29 is 19.0 Å². The molecule has 4 rings (SSSR count). The van der Waals surface area contributed by atoms with Crippen LogP contribution in [0.1, 0.15) is 17.5 Å². The molecule has 1 N–H and O–H groups in total. The van der Waals surface area contributed by atoms with Crippen LogP contribution in [-0.4, -0.2) is 41.7 Å². The second kappa shape index (κ2) is 10.3. The number of rotatable bonds is 7. The first-order chi connectivity index (χ1) is 15.6. The zero-order valence-electron chi connectivity index (χ0n) is 17.9. The summed E-state index contributed by atoms with van der Waals surface area (Å²) in [5.74, 6) is 0.349. The number of carbonyl (C=O) groups excluding carboxylic acids is 1. The highest BCUT2D eigenvalue weighted by Crippen LogP contribution is 2.27. The zero-order chi connectivity index (χ0) is 22.3. The van der Waals surface area contributed by atoms with Crippen LogP contribution in [0.15, 0.2) is 78.9 Å². The molecule has 5 nitrogen and oxygen atoms in total. The Labute approximate surface area is 187 Å². The van der Waals surface area contributed by atoms with Crippen molar-refractivity contribution in [2.75, 3.05) is 24.6 Å². The third kappa shape index (κ3) is 5.65. The molecular formula is C26H27FN2O3. The summed E-state index contributed by atoms with van der Waals surface area (Å²) in [5, 5.41) is 10.6. The molecule has 3 aromatic carbocycles. The lowest BCUT2D eigenvalue weighted by atomic mass is 10.1. The Morgan fingerprint density at radius 1 is 0.969 bits per heavy atom. The van der Waals surface area contributed by atoms with Gasteiger partial charge in [-0.2, -0.15) is 0 Å². The maximum absolute atomic E-state index is 14.1. The third-order valence-corrected chi connectivity index (χ3v) is 5.52. The SMILES string of the molecule is O=C1CCN(CC(O)COc2ccccc2)c2ccc(F)cc2CN1Cc1ccccc1. The number of carbonyl (C=O) groups is 1. The topological polar surface area (TPSA) is 53.0 Å². The summed E-state index contributed by atoms with van der Waals surface area (Å²) in [6.07, 6.45) is -0.446. The first-order valence-electron chi connectivity index (χ1n) is 10.8. The molecule has 1 aliphatic heterocycles. The van der Waals surface area contributed by atoms with Gasteiger partial charge in [-0.1, -0.05) is 48.5 Å². The second-order valence-electron chi connectivity index (χ2n) is 7.98. The smallest absolute Gasteiger partial charge is 0.224 e. The fourth-order valence-electron chi connectivity index (χ4n) is 3.95. The Kier molecular flexibility index (Phi) is 7.02. The molecule has 0 bridgehead atoms. The number of amides is 1. The van der Waals surface area contributed by atoms with E-state index < -0.39 is 6.10 Å². The van der Waals surface area contributed by atoms with Gasteiger partial charge < -0.3 is 19.6 Å². The minimum absolute atomic E-state index is 0.00351. The van der Waals surface area contributed by atoms with E-state index in [0.29, 0.717) is 31.8 Å². The molecule has 6 heteroatoms. The van der Waals surface area contributed by atoms with Gasteiger partial charge in [-0.3, -0.25) is 4.79 Å². The van der Waals surface area contributed by atoms with Crippen LogP contribution in [0.2, 0.25) is 0 Å². The number of aliphatic hydroxyl groups excluding tert-OH is 1. The number of hydrogen-bond donors (Lipinski definition) is 1. The van der Waals surface area contributed by atoms with Crippen LogP contribution in [0.4, 0.5) is 10.1 Å². The minimum atomic E-state index is -0.761. The van der Waals surface area contributed by atoms with E-state index in [1.165, 1.54) is 12.1 Å². The number of fused-ring (bicyclic) bond motifs is 1. The Morgan fingerprint density at radius 2 is 1.69 bits per heavy atom. The van der Waals surface area contributed by atoms with Crippen LogP contribution in [0.3, 0.4) is 0 Å². The van der Waals surface area contributed by atoms with Gasteiger partial charge in [0.25, 0.3) is 0 Å². The molecule has 0 spiro atoms. The van der Waals surface area contributed by atoms with Crippen molar-refractivity contribution in [1.29, 1.82) is 0 Å². The van der Waals surface area contributed by atoms with Gasteiger partial charge in [0, 0.05) is 38.3 Å². The Bertz CT molecular complexity index is 1030. The van der Waals surface area contributed by atoms with Crippen LogP contribution in [0.25, 0.3) is 0 Å². The number of nitrogens with zero attached hydrogens (tertiary/aromatic N) is 2. The predicted octanol–water partition coefficient (Wildman–Crippen LogP) is 4.00. The van der Waals surface area contributed by atoms with Crippen molar-refractivity contribution in [2.45, 2.75) is 25.6 Å². The highest BCUT2D eigenvalue weighted by molar-refractivity contribution is 5.78. The first-order valence-corrected chi connectivity index (χ1v) is 10.8. The number of β-amino-alcohol motifs (C(OH)–C–C–N with tert-alkyl or cyclic N) is 1. The van der Waals surface area contributed by atoms with Gasteiger partial charge in [0.2, 0.25) is 5.91 Å². The average Bonchev–Trinajstić information content (AvgIpc) is 2.81. The zero-order valence-corrected chi connectivity index (χ0v) is 17.9. The summed E-state index contributed by atoms with van der Waals surface area (Å²) in [7, 11) is 0. The third-order valence-electron chi connectivity index (χ3n) is 5.52. The summed E-state index contributed by atoms with van der Waals surface area (Å²) in [6.45, 7) is 1.64. The summed E-state index contributed by atoms with van der Waals surface area (Å²) >= 11 is 0. The average molecular weight is 435 g/mol. The molecule has 0 fully saturated rings. The molecule has 3 aromatic rings. The molecule has 0 saturated carbocycles. The highest BCUT2D eigenvalue weighted by atomic mass is 19.1. The van der Waals surface area contributed by atoms with Crippen molar-refractivity contribution in [3.63, 3.8) is 0 Å². The summed E-state index contributed by atoms with van der Waals surface area (Å²) < 4.78 is 19.8. The van der Waals surface area contributed by atoms with Crippen LogP contribution < -0.4 is 9.64 Å². The molecule has 1 heterocycles. The number of hydrogen-bond acceptors (Lipinski definition) is 4. The van der Waals surface area contributed by atoms with Gasteiger partial charge in [0.05, 0.1) is 0 Å². The van der Waals surface area contributed by atoms with Crippen molar-refractivity contribution in [3.05, 3.63) is 95.8 Å². The van der Waals surface area contributed by atoms with E-state index >= 15 is 0 Å². The van der Waals surface area contributed by atoms with Crippen molar-refractivity contribution >= 4 is 11.6 Å². The lowest BCUT2D eigenvalue weighted by molar-refractivity contribution is -0.132. The number of ether oxygens (including phenoxy) is 1. The molecule has 0 saturated heterocycles. The number of aliphatic hydroxyl groups is 1. The van der Waals surface area contributed by atoms with Gasteiger partial charge in [-0.05, 0) is 41.5 Å². The first kappa shape index (κ1) is 21.8. The Balaban J connectivity index is 1.49. The van der Waals surface area contributed by atoms with E-state index in [0.717, 1.165) is 16.8 Å². The van der Waals surface area contributed by atoms with Crippen LogP contribution in [0.5, 0.6) is 5.75 Å². The van der Waals surface area contributed by atoms with Crippen LogP contribution in [-0.2, 0) is 17.9 Å². The van der Waals surface area contributed by atoms with Crippen molar-refractivity contribution in [2.24, 2.45) is 0 Å². The fraction of sp³-hybridized carbons (Fsp3) is 0.269. The largest absolute Gasteiger partial charge is 0.491 e. The lowest BCUT2D eigenvalue weighted by Crippen LogP contribution is -2.41.